The molecule has 0 radical (unpaired) electrons. The fourth-order valence-electron chi connectivity index (χ4n) is 4.21. The molecule has 0 heterocycles. The van der Waals surface area contributed by atoms with E-state index >= 15 is 0 Å². The van der Waals surface area contributed by atoms with E-state index in [-0.39, 0.29) is 21.7 Å². The quantitative estimate of drug-likeness (QED) is 0.183. The standard InChI is InChI=1S/4C11H16.C2H6/c4*1-9-5-7-10(8-6-9)11(2,3)4;1-2/h4*5-8H,1-4H3;1-2H3. The molecule has 4 aromatic rings. The number of rotatable bonds is 0. The van der Waals surface area contributed by atoms with E-state index < -0.39 is 0 Å². The lowest BCUT2D eigenvalue weighted by Crippen LogP contribution is -2.10. The van der Waals surface area contributed by atoms with Crippen molar-refractivity contribution in [2.45, 2.75) is 146 Å². The minimum Gasteiger partial charge on any atom is -0.0683 e. The van der Waals surface area contributed by atoms with E-state index in [1.54, 1.807) is 0 Å². The van der Waals surface area contributed by atoms with Gasteiger partial charge in [0.15, 0.2) is 0 Å². The fourth-order valence-corrected chi connectivity index (χ4v) is 4.21. The molecule has 0 unspecified atom stereocenters. The Morgan fingerprint density at radius 3 is 0.435 bits per heavy atom. The Kier molecular flexibility index (Phi) is 17.6. The van der Waals surface area contributed by atoms with Crippen LogP contribution in [0.4, 0.5) is 0 Å². The van der Waals surface area contributed by atoms with Gasteiger partial charge in [-0.1, -0.05) is 216 Å². The van der Waals surface area contributed by atoms with Gasteiger partial charge in [-0.05, 0) is 71.6 Å². The number of hydrogen-bond donors (Lipinski definition) is 0. The highest BCUT2D eigenvalue weighted by Crippen LogP contribution is 2.24. The first-order valence-electron chi connectivity index (χ1n) is 17.3. The van der Waals surface area contributed by atoms with Gasteiger partial charge in [-0.3, -0.25) is 0 Å². The second-order valence-corrected chi connectivity index (χ2v) is 16.5. The molecule has 0 fully saturated rings. The van der Waals surface area contributed by atoms with Crippen molar-refractivity contribution in [1.29, 1.82) is 0 Å². The van der Waals surface area contributed by atoms with E-state index in [4.69, 9.17) is 0 Å². The van der Waals surface area contributed by atoms with Crippen molar-refractivity contribution in [3.05, 3.63) is 142 Å². The van der Waals surface area contributed by atoms with Gasteiger partial charge in [0.1, 0.15) is 0 Å². The van der Waals surface area contributed by atoms with Gasteiger partial charge >= 0.3 is 0 Å². The number of benzene rings is 4. The molecule has 0 N–H and O–H groups in total. The van der Waals surface area contributed by atoms with Crippen molar-refractivity contribution in [2.24, 2.45) is 0 Å². The summed E-state index contributed by atoms with van der Waals surface area (Å²) in [7, 11) is 0. The molecule has 0 aliphatic carbocycles. The summed E-state index contributed by atoms with van der Waals surface area (Å²) in [4.78, 5) is 0. The Morgan fingerprint density at radius 2 is 0.348 bits per heavy atom. The van der Waals surface area contributed by atoms with Crippen LogP contribution < -0.4 is 0 Å². The molecule has 0 saturated carbocycles. The van der Waals surface area contributed by atoms with Crippen LogP contribution in [0.15, 0.2) is 97.1 Å². The molecule has 46 heavy (non-hydrogen) atoms. The molecule has 4 rings (SSSR count). The van der Waals surface area contributed by atoms with Crippen LogP contribution in [0.5, 0.6) is 0 Å². The van der Waals surface area contributed by atoms with E-state index in [0.717, 1.165) is 0 Å². The summed E-state index contributed by atoms with van der Waals surface area (Å²) in [6, 6.07) is 35.0. The summed E-state index contributed by atoms with van der Waals surface area (Å²) in [5.74, 6) is 0. The Balaban J connectivity index is 0.000000576. The van der Waals surface area contributed by atoms with Gasteiger partial charge in [-0.25, -0.2) is 0 Å². The van der Waals surface area contributed by atoms with E-state index in [0.29, 0.717) is 0 Å². The van der Waals surface area contributed by atoms with Gasteiger partial charge in [0.05, 0.1) is 0 Å². The molecule has 0 bridgehead atoms. The van der Waals surface area contributed by atoms with Gasteiger partial charge in [0.2, 0.25) is 0 Å². The van der Waals surface area contributed by atoms with Gasteiger partial charge < -0.3 is 0 Å². The van der Waals surface area contributed by atoms with Crippen molar-refractivity contribution in [1.82, 2.24) is 0 Å². The zero-order chi connectivity index (χ0) is 35.9. The van der Waals surface area contributed by atoms with Gasteiger partial charge in [-0.15, -0.1) is 0 Å². The third-order valence-electron chi connectivity index (χ3n) is 7.67. The van der Waals surface area contributed by atoms with E-state index in [1.165, 1.54) is 44.5 Å². The van der Waals surface area contributed by atoms with Crippen LogP contribution in [0, 0.1) is 27.7 Å². The van der Waals surface area contributed by atoms with E-state index in [1.807, 2.05) is 13.8 Å². The summed E-state index contributed by atoms with van der Waals surface area (Å²) in [5, 5.41) is 0. The highest BCUT2D eigenvalue weighted by atomic mass is 14.2. The van der Waals surface area contributed by atoms with Crippen LogP contribution in [0.1, 0.15) is 141 Å². The Morgan fingerprint density at radius 1 is 0.239 bits per heavy atom. The molecular formula is C46H70. The first-order valence-corrected chi connectivity index (χ1v) is 17.3. The SMILES string of the molecule is CC.Cc1ccc(C(C)(C)C)cc1.Cc1ccc(C(C)(C)C)cc1.Cc1ccc(C(C)(C)C)cc1.Cc1ccc(C(C)(C)C)cc1. The molecule has 0 nitrogen and oxygen atoms in total. The van der Waals surface area contributed by atoms with Crippen molar-refractivity contribution < 1.29 is 0 Å². The third-order valence-corrected chi connectivity index (χ3v) is 7.67. The summed E-state index contributed by atoms with van der Waals surface area (Å²) < 4.78 is 0. The first-order chi connectivity index (χ1) is 21.0. The van der Waals surface area contributed by atoms with Crippen molar-refractivity contribution in [2.75, 3.05) is 0 Å². The minimum atomic E-state index is 0.285. The molecule has 4 aromatic carbocycles. The smallest absolute Gasteiger partial charge is 0.0132 e. The van der Waals surface area contributed by atoms with Crippen LogP contribution in [0.2, 0.25) is 0 Å². The maximum atomic E-state index is 2.23. The first kappa shape index (κ1) is 42.9. The second-order valence-electron chi connectivity index (χ2n) is 16.5. The average molecular weight is 623 g/mol. The van der Waals surface area contributed by atoms with Gasteiger partial charge in [0, 0.05) is 0 Å². The topological polar surface area (TPSA) is 0 Å². The predicted molar refractivity (Wildman–Crippen MR) is 211 cm³/mol. The van der Waals surface area contributed by atoms with Crippen molar-refractivity contribution in [3.8, 4) is 0 Å². The second kappa shape index (κ2) is 18.9. The number of aryl methyl sites for hydroxylation is 4. The summed E-state index contributed by atoms with van der Waals surface area (Å²) in [5.41, 5.74) is 12.1. The van der Waals surface area contributed by atoms with E-state index in [9.17, 15) is 0 Å². The summed E-state index contributed by atoms with van der Waals surface area (Å²) in [6.45, 7) is 39.3. The molecule has 0 aromatic heterocycles. The lowest BCUT2D eigenvalue weighted by Gasteiger charge is -2.18. The molecular weight excluding hydrogens is 553 g/mol. The molecule has 0 aliphatic rings. The largest absolute Gasteiger partial charge is 0.0683 e. The highest BCUT2D eigenvalue weighted by molar-refractivity contribution is 5.29. The molecule has 0 spiro atoms. The lowest BCUT2D eigenvalue weighted by molar-refractivity contribution is 0.590. The maximum absolute atomic E-state index is 2.23. The Labute approximate surface area is 287 Å². The zero-order valence-corrected chi connectivity index (χ0v) is 33.2. The molecule has 254 valence electrons. The minimum absolute atomic E-state index is 0.285. The third kappa shape index (κ3) is 17.5. The fraction of sp³-hybridized carbons (Fsp3) is 0.478. The molecule has 0 saturated heterocycles. The summed E-state index contributed by atoms with van der Waals surface area (Å²) in [6.07, 6.45) is 0. The van der Waals surface area contributed by atoms with Crippen molar-refractivity contribution >= 4 is 0 Å². The maximum Gasteiger partial charge on any atom is -0.0132 e. The van der Waals surface area contributed by atoms with Crippen LogP contribution >= 0.6 is 0 Å². The molecule has 0 atom stereocenters. The Hall–Kier alpha value is -3.12. The van der Waals surface area contributed by atoms with E-state index in [2.05, 4.69) is 208 Å². The van der Waals surface area contributed by atoms with Crippen LogP contribution in [-0.4, -0.2) is 0 Å². The van der Waals surface area contributed by atoms with Gasteiger partial charge in [0.25, 0.3) is 0 Å². The molecule has 0 amide bonds. The monoisotopic (exact) mass is 623 g/mol. The Bertz CT molecular complexity index is 1110. The molecule has 0 heteroatoms. The zero-order valence-electron chi connectivity index (χ0n) is 33.2. The van der Waals surface area contributed by atoms with Crippen LogP contribution in [0.3, 0.4) is 0 Å². The summed E-state index contributed by atoms with van der Waals surface area (Å²) >= 11 is 0. The normalized spacial score (nSPS) is 11.3. The average Bonchev–Trinajstić information content (AvgIpc) is 2.94. The van der Waals surface area contributed by atoms with Crippen LogP contribution in [0.25, 0.3) is 0 Å². The number of hydrogen-bond acceptors (Lipinski definition) is 0. The van der Waals surface area contributed by atoms with Gasteiger partial charge in [-0.2, -0.15) is 0 Å². The highest BCUT2D eigenvalue weighted by Gasteiger charge is 2.14. The predicted octanol–water partition coefficient (Wildman–Crippen LogP) is 14.2. The van der Waals surface area contributed by atoms with Crippen LogP contribution in [-0.2, 0) is 21.7 Å². The molecule has 0 aliphatic heterocycles. The van der Waals surface area contributed by atoms with Crippen molar-refractivity contribution in [3.63, 3.8) is 0 Å². The lowest BCUT2D eigenvalue weighted by atomic mass is 9.87.